The summed E-state index contributed by atoms with van der Waals surface area (Å²) in [6.07, 6.45) is 3.31. The third kappa shape index (κ3) is 6.16. The van der Waals surface area contributed by atoms with E-state index in [1.54, 1.807) is 6.20 Å². The van der Waals surface area contributed by atoms with Gasteiger partial charge in [0.05, 0.1) is 10.7 Å². The first kappa shape index (κ1) is 14.6. The molecule has 2 N–H and O–H groups in total. The quantitative estimate of drug-likeness (QED) is 0.600. The second-order valence-corrected chi connectivity index (χ2v) is 6.31. The SMILES string of the molecule is CS(=O)(=O)NCCCNc1nc(Cl)ncc1Br. The molecular weight excluding hydrogens is 332 g/mol. The number of hydrogen-bond donors (Lipinski definition) is 2. The van der Waals surface area contributed by atoms with Gasteiger partial charge in [-0.05, 0) is 34.0 Å². The van der Waals surface area contributed by atoms with E-state index in [2.05, 4.69) is 35.9 Å². The predicted molar refractivity (Wildman–Crippen MR) is 70.7 cm³/mol. The summed E-state index contributed by atoms with van der Waals surface area (Å²) in [5, 5.41) is 3.18. The van der Waals surface area contributed by atoms with Crippen molar-refractivity contribution < 1.29 is 8.42 Å². The van der Waals surface area contributed by atoms with Gasteiger partial charge in [0, 0.05) is 19.3 Å². The normalized spacial score (nSPS) is 11.5. The number of nitrogens with zero attached hydrogens (tertiary/aromatic N) is 2. The minimum Gasteiger partial charge on any atom is -0.369 e. The minimum atomic E-state index is -3.12. The second kappa shape index (κ2) is 6.48. The first-order chi connectivity index (χ1) is 7.88. The van der Waals surface area contributed by atoms with Gasteiger partial charge in [0.15, 0.2) is 0 Å². The van der Waals surface area contributed by atoms with Crippen LogP contribution in [0.25, 0.3) is 0 Å². The molecule has 0 aliphatic rings. The van der Waals surface area contributed by atoms with Crippen molar-refractivity contribution in [2.75, 3.05) is 24.7 Å². The first-order valence-corrected chi connectivity index (χ1v) is 7.81. The summed E-state index contributed by atoms with van der Waals surface area (Å²) in [5.74, 6) is 0.587. The maximum absolute atomic E-state index is 10.8. The summed E-state index contributed by atoms with van der Waals surface area (Å²) in [7, 11) is -3.12. The number of anilines is 1. The molecule has 0 amide bonds. The Balaban J connectivity index is 2.34. The number of nitrogens with one attached hydrogen (secondary N) is 2. The van der Waals surface area contributed by atoms with Crippen molar-refractivity contribution in [1.82, 2.24) is 14.7 Å². The first-order valence-electron chi connectivity index (χ1n) is 4.75. The molecule has 0 bridgehead atoms. The maximum Gasteiger partial charge on any atom is 0.224 e. The van der Waals surface area contributed by atoms with E-state index in [-0.39, 0.29) is 5.28 Å². The average Bonchev–Trinajstić information content (AvgIpc) is 2.21. The minimum absolute atomic E-state index is 0.157. The molecule has 0 aliphatic carbocycles. The fourth-order valence-corrected chi connectivity index (χ4v) is 2.00. The molecule has 0 saturated heterocycles. The summed E-state index contributed by atoms with van der Waals surface area (Å²) in [4.78, 5) is 7.77. The highest BCUT2D eigenvalue weighted by Gasteiger charge is 2.03. The number of hydrogen-bond acceptors (Lipinski definition) is 5. The molecule has 0 aromatic carbocycles. The third-order valence-electron chi connectivity index (χ3n) is 1.72. The number of rotatable bonds is 6. The van der Waals surface area contributed by atoms with Gasteiger partial charge in [0.1, 0.15) is 5.82 Å². The van der Waals surface area contributed by atoms with Crippen molar-refractivity contribution >= 4 is 43.4 Å². The molecule has 0 atom stereocenters. The third-order valence-corrected chi connectivity index (χ3v) is 3.22. The van der Waals surface area contributed by atoms with Crippen LogP contribution in [0.3, 0.4) is 0 Å². The molecule has 1 aromatic heterocycles. The lowest BCUT2D eigenvalue weighted by atomic mass is 10.4. The topological polar surface area (TPSA) is 84.0 Å². The van der Waals surface area contributed by atoms with E-state index in [1.807, 2.05) is 0 Å². The summed E-state index contributed by atoms with van der Waals surface area (Å²) >= 11 is 8.92. The molecule has 17 heavy (non-hydrogen) atoms. The van der Waals surface area contributed by atoms with Gasteiger partial charge >= 0.3 is 0 Å². The number of aromatic nitrogens is 2. The van der Waals surface area contributed by atoms with Gasteiger partial charge in [-0.3, -0.25) is 0 Å². The highest BCUT2D eigenvalue weighted by Crippen LogP contribution is 2.19. The lowest BCUT2D eigenvalue weighted by molar-refractivity contribution is 0.586. The van der Waals surface area contributed by atoms with E-state index < -0.39 is 10.0 Å². The van der Waals surface area contributed by atoms with Crippen molar-refractivity contribution in [2.45, 2.75) is 6.42 Å². The highest BCUT2D eigenvalue weighted by atomic mass is 79.9. The molecule has 0 spiro atoms. The molecule has 1 heterocycles. The zero-order valence-electron chi connectivity index (χ0n) is 9.07. The maximum atomic E-state index is 10.8. The van der Waals surface area contributed by atoms with Crippen LogP contribution in [0.5, 0.6) is 0 Å². The summed E-state index contributed by atoms with van der Waals surface area (Å²) in [6, 6.07) is 0. The fraction of sp³-hybridized carbons (Fsp3) is 0.500. The highest BCUT2D eigenvalue weighted by molar-refractivity contribution is 9.10. The van der Waals surface area contributed by atoms with Gasteiger partial charge in [-0.2, -0.15) is 4.98 Å². The monoisotopic (exact) mass is 342 g/mol. The Morgan fingerprint density at radius 3 is 2.82 bits per heavy atom. The van der Waals surface area contributed by atoms with E-state index in [0.717, 1.165) is 6.26 Å². The van der Waals surface area contributed by atoms with Crippen LogP contribution in [-0.4, -0.2) is 37.7 Å². The predicted octanol–water partition coefficient (Wildman–Crippen LogP) is 1.24. The van der Waals surface area contributed by atoms with Gasteiger partial charge in [-0.15, -0.1) is 0 Å². The van der Waals surface area contributed by atoms with E-state index in [1.165, 1.54) is 0 Å². The summed E-state index contributed by atoms with van der Waals surface area (Å²) in [5.41, 5.74) is 0. The van der Waals surface area contributed by atoms with Crippen molar-refractivity contribution in [3.05, 3.63) is 16.0 Å². The number of halogens is 2. The van der Waals surface area contributed by atoms with E-state index >= 15 is 0 Å². The van der Waals surface area contributed by atoms with Crippen LogP contribution in [0.1, 0.15) is 6.42 Å². The van der Waals surface area contributed by atoms with Crippen molar-refractivity contribution in [3.8, 4) is 0 Å². The Labute approximate surface area is 113 Å². The fourth-order valence-electron chi connectivity index (χ4n) is 1.02. The zero-order chi connectivity index (χ0) is 12.9. The Morgan fingerprint density at radius 1 is 1.47 bits per heavy atom. The summed E-state index contributed by atoms with van der Waals surface area (Å²) < 4.78 is 24.7. The van der Waals surface area contributed by atoms with Crippen LogP contribution in [0.2, 0.25) is 5.28 Å². The van der Waals surface area contributed by atoms with Gasteiger partial charge in [-0.25, -0.2) is 18.1 Å². The molecule has 6 nitrogen and oxygen atoms in total. The lowest BCUT2D eigenvalue weighted by Crippen LogP contribution is -2.24. The second-order valence-electron chi connectivity index (χ2n) is 3.28. The number of sulfonamides is 1. The molecule has 0 fully saturated rings. The van der Waals surface area contributed by atoms with Gasteiger partial charge in [-0.1, -0.05) is 0 Å². The standard InChI is InChI=1S/C8H12BrClN4O2S/c1-17(15,16)13-4-2-3-11-7-6(9)5-12-8(10)14-7/h5,13H,2-4H2,1H3,(H,11,12,14). The van der Waals surface area contributed by atoms with Gasteiger partial charge in [0.2, 0.25) is 15.3 Å². The molecular formula is C8H12BrClN4O2S. The molecule has 9 heteroatoms. The van der Waals surface area contributed by atoms with Crippen LogP contribution in [0.4, 0.5) is 5.82 Å². The van der Waals surface area contributed by atoms with Crippen LogP contribution in [-0.2, 0) is 10.0 Å². The average molecular weight is 344 g/mol. The van der Waals surface area contributed by atoms with Crippen LogP contribution in [0.15, 0.2) is 10.7 Å². The smallest absolute Gasteiger partial charge is 0.224 e. The largest absolute Gasteiger partial charge is 0.369 e. The molecule has 96 valence electrons. The molecule has 1 aromatic rings. The molecule has 0 unspecified atom stereocenters. The van der Waals surface area contributed by atoms with Gasteiger partial charge in [0.25, 0.3) is 0 Å². The molecule has 1 rings (SSSR count). The van der Waals surface area contributed by atoms with Gasteiger partial charge < -0.3 is 5.32 Å². The molecule has 0 aliphatic heterocycles. The van der Waals surface area contributed by atoms with Crippen molar-refractivity contribution in [3.63, 3.8) is 0 Å². The lowest BCUT2D eigenvalue weighted by Gasteiger charge is -2.07. The van der Waals surface area contributed by atoms with Crippen molar-refractivity contribution in [1.29, 1.82) is 0 Å². The zero-order valence-corrected chi connectivity index (χ0v) is 12.2. The Morgan fingerprint density at radius 2 is 2.18 bits per heavy atom. The molecule has 0 saturated carbocycles. The molecule has 0 radical (unpaired) electrons. The van der Waals surface area contributed by atoms with Crippen molar-refractivity contribution in [2.24, 2.45) is 0 Å². The summed E-state index contributed by atoms with van der Waals surface area (Å²) in [6.45, 7) is 0.955. The van der Waals surface area contributed by atoms with Crippen LogP contribution < -0.4 is 10.0 Å². The Kier molecular flexibility index (Phi) is 5.57. The van der Waals surface area contributed by atoms with Crippen LogP contribution >= 0.6 is 27.5 Å². The van der Waals surface area contributed by atoms with E-state index in [9.17, 15) is 8.42 Å². The van der Waals surface area contributed by atoms with E-state index in [4.69, 9.17) is 11.6 Å². The Bertz CT molecular complexity index is 482. The van der Waals surface area contributed by atoms with Crippen LogP contribution in [0, 0.1) is 0 Å². The Hall–Kier alpha value is -0.440. The van der Waals surface area contributed by atoms with E-state index in [0.29, 0.717) is 29.8 Å².